The van der Waals surface area contributed by atoms with E-state index in [4.69, 9.17) is 21.1 Å². The zero-order valence-electron chi connectivity index (χ0n) is 18.4. The van der Waals surface area contributed by atoms with Crippen LogP contribution in [0, 0.1) is 6.92 Å². The molecule has 0 fully saturated rings. The Labute approximate surface area is 196 Å². The van der Waals surface area contributed by atoms with E-state index in [0.717, 1.165) is 16.8 Å². The molecular formula is C24H25ClN2O4S. The van der Waals surface area contributed by atoms with Gasteiger partial charge in [0.05, 0.1) is 11.4 Å². The zero-order chi connectivity index (χ0) is 23.3. The van der Waals surface area contributed by atoms with Crippen LogP contribution < -0.4 is 9.64 Å². The van der Waals surface area contributed by atoms with E-state index in [1.807, 2.05) is 63.2 Å². The number of ether oxygens (including phenoxy) is 2. The summed E-state index contributed by atoms with van der Waals surface area (Å²) in [5.41, 5.74) is 3.10. The predicted molar refractivity (Wildman–Crippen MR) is 127 cm³/mol. The van der Waals surface area contributed by atoms with Crippen LogP contribution in [0.2, 0.25) is 5.02 Å². The van der Waals surface area contributed by atoms with Gasteiger partial charge in [-0.2, -0.15) is 0 Å². The fourth-order valence-corrected chi connectivity index (χ4v) is 4.09. The largest absolute Gasteiger partial charge is 0.482 e. The lowest BCUT2D eigenvalue weighted by Gasteiger charge is -2.17. The fraction of sp³-hybridized carbons (Fsp3) is 0.292. The molecule has 1 aromatic heterocycles. The van der Waals surface area contributed by atoms with Crippen LogP contribution >= 0.6 is 22.9 Å². The summed E-state index contributed by atoms with van der Waals surface area (Å²) in [6.07, 6.45) is 0. The molecule has 168 valence electrons. The van der Waals surface area contributed by atoms with Crippen LogP contribution in [-0.4, -0.2) is 23.5 Å². The number of hydrogen-bond acceptors (Lipinski definition) is 6. The Hall–Kier alpha value is -2.90. The maximum absolute atomic E-state index is 12.2. The summed E-state index contributed by atoms with van der Waals surface area (Å²) >= 11 is 7.53. The topological polar surface area (TPSA) is 68.7 Å². The molecule has 2 aromatic carbocycles. The Bertz CT molecular complexity index is 1100. The molecule has 0 atom stereocenters. The van der Waals surface area contributed by atoms with Gasteiger partial charge < -0.3 is 9.47 Å². The lowest BCUT2D eigenvalue weighted by atomic mass is 10.0. The second-order valence-electron chi connectivity index (χ2n) is 7.55. The fourth-order valence-electron chi connectivity index (χ4n) is 3.05. The van der Waals surface area contributed by atoms with E-state index in [9.17, 15) is 9.59 Å². The van der Waals surface area contributed by atoms with E-state index in [1.165, 1.54) is 23.2 Å². The van der Waals surface area contributed by atoms with Crippen molar-refractivity contribution in [2.45, 2.75) is 40.2 Å². The molecule has 0 spiro atoms. The van der Waals surface area contributed by atoms with Crippen molar-refractivity contribution >= 4 is 45.6 Å². The predicted octanol–water partition coefficient (Wildman–Crippen LogP) is 6.04. The minimum atomic E-state index is -0.506. The van der Waals surface area contributed by atoms with E-state index in [2.05, 4.69) is 4.98 Å². The summed E-state index contributed by atoms with van der Waals surface area (Å²) in [6, 6.07) is 13.0. The summed E-state index contributed by atoms with van der Waals surface area (Å²) in [6.45, 7) is 7.21. The number of benzene rings is 2. The SMILES string of the molecule is CC(=O)N(c1ccccc1)c1nc(COC(=O)COc2cc(C)c(Cl)cc2C(C)C)cs1. The Morgan fingerprint density at radius 3 is 2.56 bits per heavy atom. The third kappa shape index (κ3) is 5.87. The molecule has 0 radical (unpaired) electrons. The molecule has 1 heterocycles. The van der Waals surface area contributed by atoms with Gasteiger partial charge in [0.1, 0.15) is 12.4 Å². The quantitative estimate of drug-likeness (QED) is 0.374. The van der Waals surface area contributed by atoms with Gasteiger partial charge in [-0.3, -0.25) is 9.69 Å². The standard InChI is InChI=1S/C24H25ClN2O4S/c1-15(2)20-11-21(25)16(3)10-22(20)30-13-23(29)31-12-18-14-32-24(26-18)27(17(4)28)19-8-6-5-7-9-19/h5-11,14-15H,12-13H2,1-4H3. The van der Waals surface area contributed by atoms with Gasteiger partial charge in [0, 0.05) is 17.3 Å². The van der Waals surface area contributed by atoms with E-state index in [1.54, 1.807) is 5.38 Å². The van der Waals surface area contributed by atoms with Crippen LogP contribution in [0.25, 0.3) is 0 Å². The number of carbonyl (C=O) groups excluding carboxylic acids is 2. The summed E-state index contributed by atoms with van der Waals surface area (Å²) in [5.74, 6) is 0.159. The second kappa shape index (κ2) is 10.6. The molecular weight excluding hydrogens is 448 g/mol. The molecule has 0 saturated heterocycles. The van der Waals surface area contributed by atoms with Crippen LogP contribution in [0.3, 0.4) is 0 Å². The van der Waals surface area contributed by atoms with Crippen LogP contribution in [0.15, 0.2) is 47.8 Å². The number of para-hydroxylation sites is 1. The molecule has 0 N–H and O–H groups in total. The minimum Gasteiger partial charge on any atom is -0.482 e. The number of aromatic nitrogens is 1. The van der Waals surface area contributed by atoms with E-state index < -0.39 is 5.97 Å². The Balaban J connectivity index is 1.60. The maximum Gasteiger partial charge on any atom is 0.344 e. The van der Waals surface area contributed by atoms with Crippen LogP contribution in [0.5, 0.6) is 5.75 Å². The lowest BCUT2D eigenvalue weighted by molar-refractivity contribution is -0.147. The maximum atomic E-state index is 12.2. The van der Waals surface area contributed by atoms with Crippen molar-refractivity contribution in [1.82, 2.24) is 4.98 Å². The van der Waals surface area contributed by atoms with Crippen LogP contribution in [-0.2, 0) is 20.9 Å². The molecule has 1 amide bonds. The number of amides is 1. The van der Waals surface area contributed by atoms with Crippen LogP contribution in [0.1, 0.15) is 43.5 Å². The van der Waals surface area contributed by atoms with Crippen molar-refractivity contribution in [3.63, 3.8) is 0 Å². The molecule has 0 aliphatic heterocycles. The molecule has 0 aliphatic rings. The van der Waals surface area contributed by atoms with Crippen LogP contribution in [0.4, 0.5) is 10.8 Å². The normalized spacial score (nSPS) is 10.8. The average Bonchev–Trinajstić information content (AvgIpc) is 3.21. The van der Waals surface area contributed by atoms with Crippen molar-refractivity contribution in [2.75, 3.05) is 11.5 Å². The highest BCUT2D eigenvalue weighted by molar-refractivity contribution is 7.14. The number of anilines is 2. The highest BCUT2D eigenvalue weighted by atomic mass is 35.5. The van der Waals surface area contributed by atoms with Crippen molar-refractivity contribution in [3.05, 3.63) is 69.7 Å². The molecule has 0 aliphatic carbocycles. The third-order valence-electron chi connectivity index (χ3n) is 4.70. The monoisotopic (exact) mass is 472 g/mol. The molecule has 8 heteroatoms. The summed E-state index contributed by atoms with van der Waals surface area (Å²) < 4.78 is 11.0. The van der Waals surface area contributed by atoms with Crippen molar-refractivity contribution in [2.24, 2.45) is 0 Å². The van der Waals surface area contributed by atoms with E-state index in [-0.39, 0.29) is 25.0 Å². The smallest absolute Gasteiger partial charge is 0.344 e. The first-order valence-corrected chi connectivity index (χ1v) is 11.4. The number of halogens is 1. The number of nitrogens with zero attached hydrogens (tertiary/aromatic N) is 2. The average molecular weight is 473 g/mol. The zero-order valence-corrected chi connectivity index (χ0v) is 20.0. The second-order valence-corrected chi connectivity index (χ2v) is 8.80. The minimum absolute atomic E-state index is 0.00406. The van der Waals surface area contributed by atoms with Crippen molar-refractivity contribution < 1.29 is 19.1 Å². The van der Waals surface area contributed by atoms with Crippen molar-refractivity contribution in [1.29, 1.82) is 0 Å². The van der Waals surface area contributed by atoms with Gasteiger partial charge in [-0.15, -0.1) is 11.3 Å². The highest BCUT2D eigenvalue weighted by Gasteiger charge is 2.18. The molecule has 6 nitrogen and oxygen atoms in total. The summed E-state index contributed by atoms with van der Waals surface area (Å²) in [4.78, 5) is 30.3. The molecule has 0 saturated carbocycles. The van der Waals surface area contributed by atoms with Gasteiger partial charge in [-0.05, 0) is 48.2 Å². The lowest BCUT2D eigenvalue weighted by Crippen LogP contribution is -2.22. The van der Waals surface area contributed by atoms with E-state index >= 15 is 0 Å². The number of hydrogen-bond donors (Lipinski definition) is 0. The number of thiazole rings is 1. The molecule has 32 heavy (non-hydrogen) atoms. The third-order valence-corrected chi connectivity index (χ3v) is 5.98. The Morgan fingerprint density at radius 1 is 1.19 bits per heavy atom. The summed E-state index contributed by atoms with van der Waals surface area (Å²) in [5, 5.41) is 2.95. The first-order valence-electron chi connectivity index (χ1n) is 10.1. The molecule has 3 rings (SSSR count). The van der Waals surface area contributed by atoms with Gasteiger partial charge >= 0.3 is 5.97 Å². The van der Waals surface area contributed by atoms with Crippen molar-refractivity contribution in [3.8, 4) is 5.75 Å². The van der Waals surface area contributed by atoms with Gasteiger partial charge in [0.15, 0.2) is 11.7 Å². The van der Waals surface area contributed by atoms with Gasteiger partial charge in [-0.25, -0.2) is 9.78 Å². The van der Waals surface area contributed by atoms with E-state index in [0.29, 0.717) is 21.6 Å². The first kappa shape index (κ1) is 23.8. The van der Waals surface area contributed by atoms with Gasteiger partial charge in [-0.1, -0.05) is 43.6 Å². The number of esters is 1. The number of carbonyl (C=O) groups is 2. The molecule has 0 bridgehead atoms. The Morgan fingerprint density at radius 2 is 1.91 bits per heavy atom. The Kier molecular flexibility index (Phi) is 7.88. The number of aryl methyl sites for hydroxylation is 1. The highest BCUT2D eigenvalue weighted by Crippen LogP contribution is 2.32. The first-order chi connectivity index (χ1) is 15.3. The number of rotatable bonds is 8. The molecule has 3 aromatic rings. The van der Waals surface area contributed by atoms with Gasteiger partial charge in [0.25, 0.3) is 0 Å². The van der Waals surface area contributed by atoms with Gasteiger partial charge in [0.2, 0.25) is 5.91 Å². The molecule has 0 unspecified atom stereocenters. The summed E-state index contributed by atoms with van der Waals surface area (Å²) in [7, 11) is 0.